The Hall–Kier alpha value is -2.78. The Morgan fingerprint density at radius 3 is 2.34 bits per heavy atom. The third-order valence-electron chi connectivity index (χ3n) is 5.41. The largest absolute Gasteiger partial charge is 0.495 e. The summed E-state index contributed by atoms with van der Waals surface area (Å²) >= 11 is 6.22. The van der Waals surface area contributed by atoms with E-state index in [2.05, 4.69) is 5.32 Å². The normalized spacial score (nSPS) is 17.2. The van der Waals surface area contributed by atoms with Gasteiger partial charge in [0, 0.05) is 25.3 Å². The highest BCUT2D eigenvalue weighted by molar-refractivity contribution is 7.90. The van der Waals surface area contributed by atoms with Gasteiger partial charge in [0.1, 0.15) is 11.5 Å². The molecule has 1 N–H and O–H groups in total. The number of halogens is 1. The van der Waals surface area contributed by atoms with E-state index in [0.29, 0.717) is 22.2 Å². The minimum absolute atomic E-state index is 0.0539. The number of amides is 2. The average Bonchev–Trinajstić information content (AvgIpc) is 3.14. The van der Waals surface area contributed by atoms with Crippen LogP contribution in [-0.2, 0) is 19.4 Å². The maximum atomic E-state index is 12.8. The number of nitrogens with zero attached hydrogens (tertiary/aromatic N) is 1. The van der Waals surface area contributed by atoms with Crippen molar-refractivity contribution < 1.29 is 27.5 Å². The summed E-state index contributed by atoms with van der Waals surface area (Å²) in [5.41, 5.74) is 1.23. The van der Waals surface area contributed by atoms with Crippen LogP contribution >= 0.6 is 11.6 Å². The molecule has 1 saturated heterocycles. The van der Waals surface area contributed by atoms with E-state index in [1.54, 1.807) is 31.2 Å². The molecule has 0 spiro atoms. The zero-order valence-corrected chi connectivity index (χ0v) is 19.8. The number of benzene rings is 2. The number of ether oxygens (including phenoxy) is 2. The van der Waals surface area contributed by atoms with Crippen LogP contribution in [-0.4, -0.2) is 47.3 Å². The number of anilines is 1. The molecular weight excluding hydrogens is 456 g/mol. The second-order valence-corrected chi connectivity index (χ2v) is 10.1. The van der Waals surface area contributed by atoms with E-state index in [0.717, 1.165) is 11.8 Å². The summed E-state index contributed by atoms with van der Waals surface area (Å²) in [5.74, 6) is -0.191. The van der Waals surface area contributed by atoms with Crippen LogP contribution in [0.2, 0.25) is 5.02 Å². The first kappa shape index (κ1) is 23.9. The van der Waals surface area contributed by atoms with E-state index in [1.807, 2.05) is 0 Å². The highest BCUT2D eigenvalue weighted by atomic mass is 35.5. The zero-order valence-electron chi connectivity index (χ0n) is 18.2. The summed E-state index contributed by atoms with van der Waals surface area (Å²) in [6, 6.07) is 9.17. The number of carbonyl (C=O) groups excluding carboxylic acids is 2. The van der Waals surface area contributed by atoms with Crippen molar-refractivity contribution in [2.75, 3.05) is 31.9 Å². The summed E-state index contributed by atoms with van der Waals surface area (Å²) in [7, 11) is -0.328. The second kappa shape index (κ2) is 9.38. The minimum atomic E-state index is -3.29. The highest BCUT2D eigenvalue weighted by Crippen LogP contribution is 2.40. The molecule has 0 aliphatic carbocycles. The monoisotopic (exact) mass is 480 g/mol. The van der Waals surface area contributed by atoms with Crippen LogP contribution in [0.5, 0.6) is 11.5 Å². The van der Waals surface area contributed by atoms with Crippen LogP contribution in [0.25, 0.3) is 0 Å². The Bertz CT molecular complexity index is 1130. The number of rotatable bonds is 7. The van der Waals surface area contributed by atoms with Gasteiger partial charge in [-0.2, -0.15) is 0 Å². The first-order valence-corrected chi connectivity index (χ1v) is 12.1. The van der Waals surface area contributed by atoms with E-state index < -0.39 is 15.8 Å². The van der Waals surface area contributed by atoms with E-state index >= 15 is 0 Å². The fourth-order valence-electron chi connectivity index (χ4n) is 3.59. The molecule has 0 unspecified atom stereocenters. The molecule has 2 atom stereocenters. The third-order valence-corrected chi connectivity index (χ3v) is 6.83. The molecule has 172 valence electrons. The van der Waals surface area contributed by atoms with E-state index in [9.17, 15) is 18.0 Å². The summed E-state index contributed by atoms with van der Waals surface area (Å²) in [5, 5.41) is 3.23. The topological polar surface area (TPSA) is 102 Å². The number of carbonyl (C=O) groups is 2. The molecule has 1 aliphatic heterocycles. The van der Waals surface area contributed by atoms with Gasteiger partial charge >= 0.3 is 0 Å². The SMILES string of the molecule is COc1cc(OC)c(N2C[C@H](C(=O)N[C@@H](C)c3ccc(S(C)(=O)=O)cc3)CC2=O)cc1Cl. The average molecular weight is 481 g/mol. The summed E-state index contributed by atoms with van der Waals surface area (Å²) < 4.78 is 33.8. The lowest BCUT2D eigenvalue weighted by Crippen LogP contribution is -2.34. The molecule has 2 amide bonds. The molecule has 0 saturated carbocycles. The minimum Gasteiger partial charge on any atom is -0.495 e. The van der Waals surface area contributed by atoms with Crippen molar-refractivity contribution in [1.82, 2.24) is 5.32 Å². The highest BCUT2D eigenvalue weighted by Gasteiger charge is 2.37. The third kappa shape index (κ3) is 4.99. The molecule has 3 rings (SSSR count). The molecule has 8 nitrogen and oxygen atoms in total. The standard InChI is InChI=1S/C22H25ClN2O6S/c1-13(14-5-7-16(8-6-14)32(4,28)29)24-22(27)15-9-21(26)25(12-15)18-10-17(23)19(30-2)11-20(18)31-3/h5-8,10-11,13,15H,9,12H2,1-4H3,(H,24,27)/t13-,15+/m0/s1. The van der Waals surface area contributed by atoms with Gasteiger partial charge in [0.2, 0.25) is 11.8 Å². The van der Waals surface area contributed by atoms with Crippen molar-refractivity contribution in [1.29, 1.82) is 0 Å². The van der Waals surface area contributed by atoms with Crippen molar-refractivity contribution in [3.05, 3.63) is 47.0 Å². The van der Waals surface area contributed by atoms with Gasteiger partial charge in [0.25, 0.3) is 0 Å². The number of sulfone groups is 1. The quantitative estimate of drug-likeness (QED) is 0.653. The van der Waals surface area contributed by atoms with Gasteiger partial charge in [-0.25, -0.2) is 8.42 Å². The maximum absolute atomic E-state index is 12.8. The van der Waals surface area contributed by atoms with E-state index in [1.165, 1.54) is 31.3 Å². The van der Waals surface area contributed by atoms with Gasteiger partial charge in [0.15, 0.2) is 9.84 Å². The smallest absolute Gasteiger partial charge is 0.227 e. The van der Waals surface area contributed by atoms with Crippen molar-refractivity contribution in [2.45, 2.75) is 24.3 Å². The predicted molar refractivity (Wildman–Crippen MR) is 121 cm³/mol. The molecule has 0 bridgehead atoms. The summed E-state index contributed by atoms with van der Waals surface area (Å²) in [4.78, 5) is 27.2. The zero-order chi connectivity index (χ0) is 23.6. The van der Waals surface area contributed by atoms with Crippen molar-refractivity contribution in [3.8, 4) is 11.5 Å². The number of hydrogen-bond donors (Lipinski definition) is 1. The summed E-state index contributed by atoms with van der Waals surface area (Å²) in [6.45, 7) is 1.98. The first-order chi connectivity index (χ1) is 15.0. The van der Waals surface area contributed by atoms with Crippen LogP contribution in [0.3, 0.4) is 0 Å². The molecule has 0 aromatic heterocycles. The predicted octanol–water partition coefficient (Wildman–Crippen LogP) is 2.99. The van der Waals surface area contributed by atoms with E-state index in [4.69, 9.17) is 21.1 Å². The van der Waals surface area contributed by atoms with Gasteiger partial charge in [-0.3, -0.25) is 9.59 Å². The summed E-state index contributed by atoms with van der Waals surface area (Å²) in [6.07, 6.45) is 1.19. The molecule has 0 radical (unpaired) electrons. The van der Waals surface area contributed by atoms with Crippen LogP contribution in [0.1, 0.15) is 24.9 Å². The van der Waals surface area contributed by atoms with Gasteiger partial charge in [0.05, 0.1) is 41.8 Å². The molecule has 1 heterocycles. The number of nitrogens with one attached hydrogen (secondary N) is 1. The van der Waals surface area contributed by atoms with Crippen LogP contribution < -0.4 is 19.7 Å². The lowest BCUT2D eigenvalue weighted by Gasteiger charge is -2.21. The Morgan fingerprint density at radius 2 is 1.78 bits per heavy atom. The number of hydrogen-bond acceptors (Lipinski definition) is 6. The molecule has 1 fully saturated rings. The molecule has 1 aliphatic rings. The molecule has 2 aromatic carbocycles. The second-order valence-electron chi connectivity index (χ2n) is 7.64. The lowest BCUT2D eigenvalue weighted by atomic mass is 10.1. The van der Waals surface area contributed by atoms with Crippen molar-refractivity contribution >= 4 is 38.9 Å². The molecular formula is C22H25ClN2O6S. The Labute approximate surface area is 192 Å². The maximum Gasteiger partial charge on any atom is 0.227 e. The molecule has 10 heteroatoms. The fraction of sp³-hybridized carbons (Fsp3) is 0.364. The van der Waals surface area contributed by atoms with E-state index in [-0.39, 0.29) is 35.7 Å². The van der Waals surface area contributed by atoms with Gasteiger partial charge in [-0.05, 0) is 30.7 Å². The van der Waals surface area contributed by atoms with Crippen LogP contribution in [0.15, 0.2) is 41.3 Å². The molecule has 32 heavy (non-hydrogen) atoms. The fourth-order valence-corrected chi connectivity index (χ4v) is 4.45. The Balaban J connectivity index is 1.72. The van der Waals surface area contributed by atoms with Gasteiger partial charge in [-0.1, -0.05) is 23.7 Å². The van der Waals surface area contributed by atoms with Crippen molar-refractivity contribution in [2.24, 2.45) is 5.92 Å². The van der Waals surface area contributed by atoms with Gasteiger partial charge in [-0.15, -0.1) is 0 Å². The van der Waals surface area contributed by atoms with Crippen molar-refractivity contribution in [3.63, 3.8) is 0 Å². The van der Waals surface area contributed by atoms with Crippen LogP contribution in [0, 0.1) is 5.92 Å². The number of methoxy groups -OCH3 is 2. The lowest BCUT2D eigenvalue weighted by molar-refractivity contribution is -0.126. The Morgan fingerprint density at radius 1 is 1.16 bits per heavy atom. The Kier molecular flexibility index (Phi) is 7.00. The van der Waals surface area contributed by atoms with Crippen LogP contribution in [0.4, 0.5) is 5.69 Å². The van der Waals surface area contributed by atoms with Gasteiger partial charge < -0.3 is 19.7 Å². The molecule has 2 aromatic rings. The first-order valence-electron chi connectivity index (χ1n) is 9.87.